The Morgan fingerprint density at radius 2 is 1.81 bits per heavy atom. The van der Waals surface area contributed by atoms with Gasteiger partial charge in [0.25, 0.3) is 10.0 Å². The van der Waals surface area contributed by atoms with Gasteiger partial charge in [-0.1, -0.05) is 6.07 Å². The van der Waals surface area contributed by atoms with Crippen LogP contribution in [0.3, 0.4) is 0 Å². The van der Waals surface area contributed by atoms with Crippen molar-refractivity contribution >= 4 is 21.4 Å². The summed E-state index contributed by atoms with van der Waals surface area (Å²) in [5.41, 5.74) is 8.16. The van der Waals surface area contributed by atoms with Crippen molar-refractivity contribution < 1.29 is 13.2 Å². The summed E-state index contributed by atoms with van der Waals surface area (Å²) in [6.07, 6.45) is 0. The van der Waals surface area contributed by atoms with Crippen LogP contribution in [0.25, 0.3) is 0 Å². The molecule has 0 saturated heterocycles. The van der Waals surface area contributed by atoms with Crippen molar-refractivity contribution in [1.29, 1.82) is 0 Å². The zero-order valence-corrected chi connectivity index (χ0v) is 13.0. The molecule has 2 rings (SSSR count). The van der Waals surface area contributed by atoms with E-state index in [0.717, 1.165) is 5.56 Å². The maximum Gasteiger partial charge on any atom is 0.262 e. The molecule has 0 radical (unpaired) electrons. The average Bonchev–Trinajstić information content (AvgIpc) is 2.40. The van der Waals surface area contributed by atoms with Gasteiger partial charge < -0.3 is 10.5 Å². The molecule has 5 nitrogen and oxygen atoms in total. The molecule has 3 N–H and O–H groups in total. The minimum absolute atomic E-state index is 0.194. The molecule has 0 aliphatic rings. The van der Waals surface area contributed by atoms with E-state index in [1.807, 2.05) is 13.0 Å². The van der Waals surface area contributed by atoms with Crippen molar-refractivity contribution in [3.8, 4) is 5.75 Å². The number of nitrogen functional groups attached to an aromatic ring is 1. The smallest absolute Gasteiger partial charge is 0.262 e. The van der Waals surface area contributed by atoms with Crippen LogP contribution in [0.2, 0.25) is 0 Å². The second-order valence-corrected chi connectivity index (χ2v) is 6.48. The van der Waals surface area contributed by atoms with Crippen LogP contribution in [-0.4, -0.2) is 15.5 Å². The predicted molar refractivity (Wildman–Crippen MR) is 84.1 cm³/mol. The number of rotatable bonds is 4. The van der Waals surface area contributed by atoms with Crippen LogP contribution < -0.4 is 15.2 Å². The van der Waals surface area contributed by atoms with Crippen molar-refractivity contribution in [2.75, 3.05) is 17.6 Å². The third kappa shape index (κ3) is 3.28. The molecule has 0 aromatic heterocycles. The fraction of sp³-hybridized carbons (Fsp3) is 0.200. The largest absolute Gasteiger partial charge is 0.495 e. The molecular weight excluding hydrogens is 288 g/mol. The summed E-state index contributed by atoms with van der Waals surface area (Å²) in [6, 6.07) is 9.95. The summed E-state index contributed by atoms with van der Waals surface area (Å²) in [7, 11) is -2.19. The molecule has 0 bridgehead atoms. The highest BCUT2D eigenvalue weighted by molar-refractivity contribution is 7.92. The molecular formula is C15H18N2O3S. The van der Waals surface area contributed by atoms with E-state index in [2.05, 4.69) is 4.72 Å². The van der Waals surface area contributed by atoms with Crippen LogP contribution in [0.5, 0.6) is 5.75 Å². The first-order valence-electron chi connectivity index (χ1n) is 6.37. The molecule has 0 aliphatic carbocycles. The summed E-state index contributed by atoms with van der Waals surface area (Å²) in [5.74, 6) is 0.478. The van der Waals surface area contributed by atoms with Crippen molar-refractivity contribution in [2.45, 2.75) is 18.7 Å². The number of ether oxygens (including phenoxy) is 1. The fourth-order valence-electron chi connectivity index (χ4n) is 2.06. The lowest BCUT2D eigenvalue weighted by atomic mass is 10.2. The monoisotopic (exact) mass is 306 g/mol. The van der Waals surface area contributed by atoms with Gasteiger partial charge in [0.05, 0.1) is 17.7 Å². The molecule has 0 spiro atoms. The second kappa shape index (κ2) is 5.65. The third-order valence-corrected chi connectivity index (χ3v) is 4.62. The van der Waals surface area contributed by atoms with E-state index >= 15 is 0 Å². The Balaban J connectivity index is 2.42. The van der Waals surface area contributed by atoms with Crippen molar-refractivity contribution in [1.82, 2.24) is 0 Å². The molecule has 0 saturated carbocycles. The highest BCUT2D eigenvalue weighted by Gasteiger charge is 2.18. The first-order valence-corrected chi connectivity index (χ1v) is 7.85. The normalized spacial score (nSPS) is 11.2. The molecule has 6 heteroatoms. The number of nitrogens with one attached hydrogen (secondary N) is 1. The van der Waals surface area contributed by atoms with Gasteiger partial charge in [-0.25, -0.2) is 8.42 Å². The standard InChI is InChI=1S/C15H18N2O3S/c1-10-4-6-13(14(8-10)20-3)17-21(18,19)15-7-5-12(16)9-11(15)2/h4-9,17H,16H2,1-3H3. The number of hydrogen-bond donors (Lipinski definition) is 2. The average molecular weight is 306 g/mol. The topological polar surface area (TPSA) is 81.4 Å². The van der Waals surface area contributed by atoms with Crippen LogP contribution >= 0.6 is 0 Å². The molecule has 0 aliphatic heterocycles. The van der Waals surface area contributed by atoms with Crippen LogP contribution in [-0.2, 0) is 10.0 Å². The number of hydrogen-bond acceptors (Lipinski definition) is 4. The highest BCUT2D eigenvalue weighted by atomic mass is 32.2. The SMILES string of the molecule is COc1cc(C)ccc1NS(=O)(=O)c1ccc(N)cc1C. The summed E-state index contributed by atoms with van der Waals surface area (Å²) in [6.45, 7) is 3.61. The Morgan fingerprint density at radius 3 is 2.43 bits per heavy atom. The Bertz CT molecular complexity index is 770. The van der Waals surface area contributed by atoms with E-state index < -0.39 is 10.0 Å². The molecule has 21 heavy (non-hydrogen) atoms. The molecule has 2 aromatic rings. The number of aryl methyl sites for hydroxylation is 2. The van der Waals surface area contributed by atoms with Crippen molar-refractivity contribution in [3.63, 3.8) is 0 Å². The molecule has 0 fully saturated rings. The Labute approximate surface area is 124 Å². The van der Waals surface area contributed by atoms with Crippen LogP contribution in [0.1, 0.15) is 11.1 Å². The number of methoxy groups -OCH3 is 1. The van der Waals surface area contributed by atoms with Gasteiger partial charge in [-0.15, -0.1) is 0 Å². The van der Waals surface area contributed by atoms with Gasteiger partial charge in [-0.05, 0) is 55.3 Å². The predicted octanol–water partition coefficient (Wildman–Crippen LogP) is 2.70. The minimum atomic E-state index is -3.69. The van der Waals surface area contributed by atoms with Crippen LogP contribution in [0.4, 0.5) is 11.4 Å². The van der Waals surface area contributed by atoms with E-state index in [1.54, 1.807) is 31.2 Å². The highest BCUT2D eigenvalue weighted by Crippen LogP contribution is 2.28. The van der Waals surface area contributed by atoms with E-state index in [1.165, 1.54) is 13.2 Å². The van der Waals surface area contributed by atoms with Gasteiger partial charge in [0.2, 0.25) is 0 Å². The second-order valence-electron chi connectivity index (χ2n) is 4.83. The lowest BCUT2D eigenvalue weighted by Crippen LogP contribution is -2.15. The van der Waals surface area contributed by atoms with Gasteiger partial charge in [-0.3, -0.25) is 4.72 Å². The third-order valence-electron chi connectivity index (χ3n) is 3.09. The van der Waals surface area contributed by atoms with Gasteiger partial charge in [0.1, 0.15) is 5.75 Å². The zero-order chi connectivity index (χ0) is 15.6. The summed E-state index contributed by atoms with van der Waals surface area (Å²) >= 11 is 0. The first-order chi connectivity index (χ1) is 9.83. The van der Waals surface area contributed by atoms with E-state index in [9.17, 15) is 8.42 Å². The summed E-state index contributed by atoms with van der Waals surface area (Å²) in [5, 5.41) is 0. The number of nitrogens with two attached hydrogens (primary N) is 1. The summed E-state index contributed by atoms with van der Waals surface area (Å²) in [4.78, 5) is 0.194. The van der Waals surface area contributed by atoms with Crippen molar-refractivity contribution in [2.24, 2.45) is 0 Å². The maximum atomic E-state index is 12.5. The van der Waals surface area contributed by atoms with E-state index in [4.69, 9.17) is 10.5 Å². The molecule has 112 valence electrons. The Kier molecular flexibility index (Phi) is 4.09. The first kappa shape index (κ1) is 15.2. The molecule has 2 aromatic carbocycles. The van der Waals surface area contributed by atoms with Gasteiger partial charge in [0, 0.05) is 5.69 Å². The molecule has 0 amide bonds. The van der Waals surface area contributed by atoms with E-state index in [-0.39, 0.29) is 4.90 Å². The van der Waals surface area contributed by atoms with Gasteiger partial charge in [-0.2, -0.15) is 0 Å². The lowest BCUT2D eigenvalue weighted by Gasteiger charge is -2.14. The molecule has 0 heterocycles. The van der Waals surface area contributed by atoms with Gasteiger partial charge >= 0.3 is 0 Å². The number of benzene rings is 2. The maximum absolute atomic E-state index is 12.5. The fourth-order valence-corrected chi connectivity index (χ4v) is 3.35. The van der Waals surface area contributed by atoms with Gasteiger partial charge in [0.15, 0.2) is 0 Å². The Hall–Kier alpha value is -2.21. The van der Waals surface area contributed by atoms with Crippen molar-refractivity contribution in [3.05, 3.63) is 47.5 Å². The van der Waals surface area contributed by atoms with E-state index in [0.29, 0.717) is 22.7 Å². The van der Waals surface area contributed by atoms with Crippen LogP contribution in [0, 0.1) is 13.8 Å². The number of sulfonamides is 1. The van der Waals surface area contributed by atoms with Crippen LogP contribution in [0.15, 0.2) is 41.3 Å². The molecule has 0 unspecified atom stereocenters. The minimum Gasteiger partial charge on any atom is -0.495 e. The Morgan fingerprint density at radius 1 is 1.10 bits per heavy atom. The summed E-state index contributed by atoms with van der Waals surface area (Å²) < 4.78 is 32.7. The molecule has 0 atom stereocenters. The zero-order valence-electron chi connectivity index (χ0n) is 12.2. The quantitative estimate of drug-likeness (QED) is 0.851. The number of anilines is 2. The lowest BCUT2D eigenvalue weighted by molar-refractivity contribution is 0.416.